The van der Waals surface area contributed by atoms with Gasteiger partial charge in [-0.3, -0.25) is 9.69 Å². The smallest absolute Gasteiger partial charge is 0.338 e. The van der Waals surface area contributed by atoms with E-state index in [-0.39, 0.29) is 11.9 Å². The molecule has 0 saturated carbocycles. The fraction of sp³-hybridized carbons (Fsp3) is 0.522. The summed E-state index contributed by atoms with van der Waals surface area (Å²) in [5.74, 6) is -0.388. The van der Waals surface area contributed by atoms with E-state index in [1.165, 1.54) is 7.11 Å². The van der Waals surface area contributed by atoms with Gasteiger partial charge in [0, 0.05) is 24.4 Å². The Kier molecular flexibility index (Phi) is 8.10. The van der Waals surface area contributed by atoms with E-state index in [1.54, 1.807) is 13.0 Å². The first-order valence-corrected chi connectivity index (χ1v) is 11.0. The van der Waals surface area contributed by atoms with Crippen LogP contribution in [-0.2, 0) is 19.1 Å². The number of hydrogen-bond donors (Lipinski definition) is 2. The molecule has 174 valence electrons. The van der Waals surface area contributed by atoms with Crippen molar-refractivity contribution in [1.29, 1.82) is 0 Å². The van der Waals surface area contributed by atoms with Gasteiger partial charge in [-0.2, -0.15) is 0 Å². The maximum absolute atomic E-state index is 12.8. The summed E-state index contributed by atoms with van der Waals surface area (Å²) in [5, 5.41) is 5.61. The van der Waals surface area contributed by atoms with Crippen molar-refractivity contribution in [2.45, 2.75) is 32.7 Å². The number of likely N-dealkylation sites (tertiary alicyclic amines) is 1. The Morgan fingerprint density at radius 3 is 2.69 bits per heavy atom. The Bertz CT molecular complexity index is 884. The summed E-state index contributed by atoms with van der Waals surface area (Å²) in [5.41, 5.74) is 1.45. The van der Waals surface area contributed by atoms with Crippen LogP contribution in [0.25, 0.3) is 0 Å². The number of hydrogen-bond acceptors (Lipinski definition) is 7. The normalized spacial score (nSPS) is 21.4. The van der Waals surface area contributed by atoms with Crippen LogP contribution in [0.3, 0.4) is 0 Å². The lowest BCUT2D eigenvalue weighted by Crippen LogP contribution is -2.50. The van der Waals surface area contributed by atoms with Crippen LogP contribution in [0.15, 0.2) is 35.5 Å². The molecule has 0 spiro atoms. The summed E-state index contributed by atoms with van der Waals surface area (Å²) in [6.45, 7) is 6.00. The van der Waals surface area contributed by atoms with E-state index in [1.807, 2.05) is 25.1 Å². The highest BCUT2D eigenvalue weighted by Gasteiger charge is 2.36. The zero-order valence-corrected chi connectivity index (χ0v) is 18.8. The van der Waals surface area contributed by atoms with Gasteiger partial charge in [0.2, 0.25) is 0 Å². The second kappa shape index (κ2) is 11.0. The highest BCUT2D eigenvalue weighted by Crippen LogP contribution is 2.34. The molecule has 2 heterocycles. The van der Waals surface area contributed by atoms with Gasteiger partial charge in [0.1, 0.15) is 5.75 Å². The molecule has 1 aromatic rings. The molecule has 0 aromatic heterocycles. The third-order valence-electron chi connectivity index (χ3n) is 5.60. The second-order valence-electron chi connectivity index (χ2n) is 7.71. The number of piperidine rings is 1. The summed E-state index contributed by atoms with van der Waals surface area (Å²) in [6, 6.07) is 6.15. The zero-order chi connectivity index (χ0) is 23.1. The SMILES string of the molecule is CCOC(=O)[C@H]1CCCN(CC2=C(C(=O)OC)[C@@H](c3ccccc3OCC)NC(=O)N2)C1. The summed E-state index contributed by atoms with van der Waals surface area (Å²) in [6.07, 6.45) is 1.59. The third-order valence-corrected chi connectivity index (χ3v) is 5.60. The lowest BCUT2D eigenvalue weighted by Gasteiger charge is -2.35. The molecule has 2 aliphatic heterocycles. The quantitative estimate of drug-likeness (QED) is 0.591. The summed E-state index contributed by atoms with van der Waals surface area (Å²) < 4.78 is 16.0. The minimum Gasteiger partial charge on any atom is -0.494 e. The number of urea groups is 1. The van der Waals surface area contributed by atoms with Gasteiger partial charge in [0.05, 0.1) is 37.9 Å². The number of nitrogens with zero attached hydrogens (tertiary/aromatic N) is 1. The first kappa shape index (κ1) is 23.6. The van der Waals surface area contributed by atoms with Gasteiger partial charge < -0.3 is 24.8 Å². The van der Waals surface area contributed by atoms with Crippen molar-refractivity contribution in [3.63, 3.8) is 0 Å². The van der Waals surface area contributed by atoms with Crippen LogP contribution in [-0.4, -0.2) is 62.8 Å². The number of carbonyl (C=O) groups excluding carboxylic acids is 3. The Labute approximate surface area is 188 Å². The summed E-state index contributed by atoms with van der Waals surface area (Å²) >= 11 is 0. The predicted octanol–water partition coefficient (Wildman–Crippen LogP) is 2.14. The topological polar surface area (TPSA) is 106 Å². The number of para-hydroxylation sites is 1. The lowest BCUT2D eigenvalue weighted by molar-refractivity contribution is -0.150. The average molecular weight is 446 g/mol. The number of esters is 2. The van der Waals surface area contributed by atoms with Crippen molar-refractivity contribution in [2.24, 2.45) is 5.92 Å². The van der Waals surface area contributed by atoms with E-state index in [2.05, 4.69) is 15.5 Å². The van der Waals surface area contributed by atoms with Gasteiger partial charge in [-0.05, 0) is 39.3 Å². The molecular formula is C23H31N3O6. The maximum atomic E-state index is 12.8. The molecule has 2 amide bonds. The lowest BCUT2D eigenvalue weighted by atomic mass is 9.93. The molecule has 9 nitrogen and oxygen atoms in total. The molecule has 0 unspecified atom stereocenters. The van der Waals surface area contributed by atoms with E-state index in [0.717, 1.165) is 19.4 Å². The minimum absolute atomic E-state index is 0.211. The fourth-order valence-electron chi connectivity index (χ4n) is 4.21. The molecule has 1 saturated heterocycles. The molecule has 3 rings (SSSR count). The molecule has 0 bridgehead atoms. The number of carbonyl (C=O) groups is 3. The second-order valence-corrected chi connectivity index (χ2v) is 7.71. The number of ether oxygens (including phenoxy) is 3. The van der Waals surface area contributed by atoms with Crippen LogP contribution in [0.1, 0.15) is 38.3 Å². The third kappa shape index (κ3) is 5.40. The number of benzene rings is 1. The largest absolute Gasteiger partial charge is 0.494 e. The molecule has 1 aromatic carbocycles. The zero-order valence-electron chi connectivity index (χ0n) is 18.8. The highest BCUT2D eigenvalue weighted by atomic mass is 16.5. The van der Waals surface area contributed by atoms with Gasteiger partial charge in [-0.15, -0.1) is 0 Å². The van der Waals surface area contributed by atoms with Crippen LogP contribution >= 0.6 is 0 Å². The van der Waals surface area contributed by atoms with Gasteiger partial charge >= 0.3 is 18.0 Å². The molecule has 0 aliphatic carbocycles. The van der Waals surface area contributed by atoms with E-state index in [4.69, 9.17) is 14.2 Å². The van der Waals surface area contributed by atoms with Crippen LogP contribution in [0.2, 0.25) is 0 Å². The Morgan fingerprint density at radius 2 is 1.97 bits per heavy atom. The molecule has 2 aliphatic rings. The van der Waals surface area contributed by atoms with Crippen LogP contribution in [0.5, 0.6) is 5.75 Å². The van der Waals surface area contributed by atoms with Crippen LogP contribution in [0.4, 0.5) is 4.79 Å². The van der Waals surface area contributed by atoms with E-state index >= 15 is 0 Å². The summed E-state index contributed by atoms with van der Waals surface area (Å²) in [7, 11) is 1.31. The molecule has 0 radical (unpaired) electrons. The van der Waals surface area contributed by atoms with Crippen molar-refractivity contribution in [2.75, 3.05) is 40.0 Å². The standard InChI is InChI=1S/C23H31N3O6/c1-4-31-18-11-7-6-10-16(18)20-19(22(28)30-3)17(24-23(29)25-20)14-26-12-8-9-15(13-26)21(27)32-5-2/h6-7,10-11,15,20H,4-5,8-9,12-14H2,1-3H3,(H2,24,25,29)/t15-,20+/m0/s1. The molecule has 1 fully saturated rings. The van der Waals surface area contributed by atoms with E-state index < -0.39 is 18.0 Å². The van der Waals surface area contributed by atoms with E-state index in [0.29, 0.717) is 48.9 Å². The van der Waals surface area contributed by atoms with Crippen molar-refractivity contribution in [3.8, 4) is 5.75 Å². The Balaban J connectivity index is 1.93. The van der Waals surface area contributed by atoms with E-state index in [9.17, 15) is 14.4 Å². The number of nitrogens with one attached hydrogen (secondary N) is 2. The number of methoxy groups -OCH3 is 1. The van der Waals surface area contributed by atoms with Crippen molar-refractivity contribution >= 4 is 18.0 Å². The average Bonchev–Trinajstić information content (AvgIpc) is 2.79. The van der Waals surface area contributed by atoms with Crippen molar-refractivity contribution in [3.05, 3.63) is 41.1 Å². The molecule has 9 heteroatoms. The molecular weight excluding hydrogens is 414 g/mol. The van der Waals surface area contributed by atoms with Gasteiger partial charge in [0.25, 0.3) is 0 Å². The molecule has 2 atom stereocenters. The van der Waals surface area contributed by atoms with Crippen LogP contribution in [0, 0.1) is 5.92 Å². The predicted molar refractivity (Wildman–Crippen MR) is 117 cm³/mol. The monoisotopic (exact) mass is 445 g/mol. The maximum Gasteiger partial charge on any atom is 0.338 e. The first-order valence-electron chi connectivity index (χ1n) is 11.0. The molecule has 2 N–H and O–H groups in total. The first-order chi connectivity index (χ1) is 15.5. The minimum atomic E-state index is -0.723. The highest BCUT2D eigenvalue weighted by molar-refractivity contribution is 5.95. The Hall–Kier alpha value is -3.07. The van der Waals surface area contributed by atoms with Crippen molar-refractivity contribution in [1.82, 2.24) is 15.5 Å². The number of rotatable bonds is 8. The molecule has 32 heavy (non-hydrogen) atoms. The summed E-state index contributed by atoms with van der Waals surface area (Å²) in [4.78, 5) is 39.6. The number of amides is 2. The Morgan fingerprint density at radius 1 is 1.19 bits per heavy atom. The van der Waals surface area contributed by atoms with Crippen LogP contribution < -0.4 is 15.4 Å². The van der Waals surface area contributed by atoms with Gasteiger partial charge in [0.15, 0.2) is 0 Å². The fourth-order valence-corrected chi connectivity index (χ4v) is 4.21. The van der Waals surface area contributed by atoms with Gasteiger partial charge in [-0.1, -0.05) is 18.2 Å². The van der Waals surface area contributed by atoms with Gasteiger partial charge in [-0.25, -0.2) is 9.59 Å². The van der Waals surface area contributed by atoms with Crippen molar-refractivity contribution < 1.29 is 28.6 Å².